The molecule has 1 amide bonds. The molecule has 0 unspecified atom stereocenters. The molecule has 0 atom stereocenters. The molecule has 4 heterocycles. The molecule has 0 N–H and O–H groups in total. The van der Waals surface area contributed by atoms with Crippen LogP contribution in [-0.4, -0.2) is 36.4 Å². The van der Waals surface area contributed by atoms with Crippen molar-refractivity contribution in [2.24, 2.45) is 0 Å². The zero-order valence-corrected chi connectivity index (χ0v) is 16.4. The van der Waals surface area contributed by atoms with E-state index in [9.17, 15) is 9.18 Å². The van der Waals surface area contributed by atoms with Gasteiger partial charge in [0.1, 0.15) is 17.1 Å². The van der Waals surface area contributed by atoms with Gasteiger partial charge in [-0.05, 0) is 36.4 Å². The van der Waals surface area contributed by atoms with Crippen molar-refractivity contribution >= 4 is 22.9 Å². The molecule has 0 aliphatic carbocycles. The lowest BCUT2D eigenvalue weighted by atomic mass is 10.2. The van der Waals surface area contributed by atoms with Crippen molar-refractivity contribution in [2.75, 3.05) is 11.4 Å². The summed E-state index contributed by atoms with van der Waals surface area (Å²) >= 11 is 0. The van der Waals surface area contributed by atoms with Crippen molar-refractivity contribution < 1.29 is 9.18 Å². The molecule has 8 heteroatoms. The number of imidazole rings is 1. The van der Waals surface area contributed by atoms with Gasteiger partial charge in [-0.15, -0.1) is 0 Å². The number of carbonyl (C=O) groups is 1. The fourth-order valence-corrected chi connectivity index (χ4v) is 4.14. The van der Waals surface area contributed by atoms with Gasteiger partial charge in [0, 0.05) is 25.5 Å². The SMILES string of the molecule is O=C(c1cnn(-c2ccccc2F)c1-n1cccc1)N1CCn2c1nc1ccccc12. The number of hydrogen-bond donors (Lipinski definition) is 0. The number of fused-ring (bicyclic) bond motifs is 3. The highest BCUT2D eigenvalue weighted by Crippen LogP contribution is 2.30. The molecule has 7 nitrogen and oxygen atoms in total. The Morgan fingerprint density at radius 3 is 2.55 bits per heavy atom. The van der Waals surface area contributed by atoms with Crippen LogP contribution in [0.5, 0.6) is 0 Å². The average Bonchev–Trinajstić information content (AvgIpc) is 3.56. The van der Waals surface area contributed by atoms with E-state index in [0.717, 1.165) is 11.0 Å². The van der Waals surface area contributed by atoms with E-state index < -0.39 is 5.82 Å². The van der Waals surface area contributed by atoms with Gasteiger partial charge in [-0.1, -0.05) is 24.3 Å². The van der Waals surface area contributed by atoms with Crippen LogP contribution in [0.4, 0.5) is 10.3 Å². The Morgan fingerprint density at radius 2 is 1.71 bits per heavy atom. The minimum Gasteiger partial charge on any atom is -0.308 e. The first-order valence-electron chi connectivity index (χ1n) is 9.96. The van der Waals surface area contributed by atoms with Crippen LogP contribution in [0.25, 0.3) is 22.5 Å². The number of hydrogen-bond acceptors (Lipinski definition) is 3. The van der Waals surface area contributed by atoms with Gasteiger partial charge in [0.15, 0.2) is 5.82 Å². The van der Waals surface area contributed by atoms with Gasteiger partial charge in [0.05, 0.1) is 17.2 Å². The Labute approximate surface area is 176 Å². The summed E-state index contributed by atoms with van der Waals surface area (Å²) in [4.78, 5) is 20.0. The molecule has 0 saturated carbocycles. The molecule has 1 aliphatic rings. The maximum Gasteiger partial charge on any atom is 0.266 e. The Bertz CT molecular complexity index is 1430. The molecular weight excluding hydrogens is 395 g/mol. The minimum absolute atomic E-state index is 0.222. The lowest BCUT2D eigenvalue weighted by molar-refractivity contribution is 0.0988. The molecule has 3 aromatic heterocycles. The summed E-state index contributed by atoms with van der Waals surface area (Å²) in [6, 6.07) is 17.9. The molecule has 5 aromatic rings. The number of carbonyl (C=O) groups excluding carboxylic acids is 1. The molecule has 2 aromatic carbocycles. The first-order chi connectivity index (χ1) is 15.2. The summed E-state index contributed by atoms with van der Waals surface area (Å²) in [6.45, 7) is 1.18. The Hall–Kier alpha value is -4.20. The second kappa shape index (κ2) is 6.66. The minimum atomic E-state index is -0.416. The number of amides is 1. The van der Waals surface area contributed by atoms with Crippen LogP contribution >= 0.6 is 0 Å². The van der Waals surface area contributed by atoms with Crippen molar-refractivity contribution in [3.8, 4) is 11.5 Å². The monoisotopic (exact) mass is 412 g/mol. The maximum atomic E-state index is 14.5. The van der Waals surface area contributed by atoms with Gasteiger partial charge in [-0.3, -0.25) is 9.69 Å². The summed E-state index contributed by atoms with van der Waals surface area (Å²) in [7, 11) is 0. The zero-order valence-electron chi connectivity index (χ0n) is 16.4. The third kappa shape index (κ3) is 2.61. The number of benzene rings is 2. The first-order valence-corrected chi connectivity index (χ1v) is 9.96. The van der Waals surface area contributed by atoms with Crippen molar-refractivity contribution in [3.63, 3.8) is 0 Å². The highest BCUT2D eigenvalue weighted by atomic mass is 19.1. The van der Waals surface area contributed by atoms with Crippen LogP contribution in [-0.2, 0) is 6.54 Å². The van der Waals surface area contributed by atoms with Crippen LogP contribution in [0.15, 0.2) is 79.3 Å². The first kappa shape index (κ1) is 17.6. The third-order valence-corrected chi connectivity index (χ3v) is 5.57. The van der Waals surface area contributed by atoms with E-state index in [1.165, 1.54) is 16.9 Å². The largest absolute Gasteiger partial charge is 0.308 e. The van der Waals surface area contributed by atoms with E-state index in [-0.39, 0.29) is 11.6 Å². The Kier molecular flexibility index (Phi) is 3.79. The summed E-state index contributed by atoms with van der Waals surface area (Å²) < 4.78 is 19.8. The maximum absolute atomic E-state index is 14.5. The zero-order chi connectivity index (χ0) is 20.9. The van der Waals surface area contributed by atoms with Gasteiger partial charge < -0.3 is 9.13 Å². The standard InChI is InChI=1S/C23H17FN6O/c24-17-7-1-3-9-19(17)30-21(27-11-5-6-12-27)16(15-25-30)22(31)29-14-13-28-20-10-4-2-8-18(20)26-23(28)29/h1-12,15H,13-14H2. The topological polar surface area (TPSA) is 60.9 Å². The third-order valence-electron chi connectivity index (χ3n) is 5.57. The van der Waals surface area contributed by atoms with Crippen molar-refractivity contribution in [1.82, 2.24) is 23.9 Å². The highest BCUT2D eigenvalue weighted by Gasteiger charge is 2.32. The summed E-state index contributed by atoms with van der Waals surface area (Å²) in [5, 5.41) is 4.38. The summed E-state index contributed by atoms with van der Waals surface area (Å²) in [5.41, 5.74) is 2.50. The van der Waals surface area contributed by atoms with Crippen molar-refractivity contribution in [2.45, 2.75) is 6.54 Å². The van der Waals surface area contributed by atoms with Crippen LogP contribution in [0.3, 0.4) is 0 Å². The number of rotatable bonds is 3. The second-order valence-corrected chi connectivity index (χ2v) is 7.34. The van der Waals surface area contributed by atoms with Crippen molar-refractivity contribution in [1.29, 1.82) is 0 Å². The van der Waals surface area contributed by atoms with Crippen LogP contribution in [0.1, 0.15) is 10.4 Å². The van der Waals surface area contributed by atoms with E-state index >= 15 is 0 Å². The number of aromatic nitrogens is 5. The molecule has 31 heavy (non-hydrogen) atoms. The van der Waals surface area contributed by atoms with E-state index in [0.29, 0.717) is 30.4 Å². The van der Waals surface area contributed by atoms with Crippen LogP contribution < -0.4 is 4.90 Å². The number of nitrogens with zero attached hydrogens (tertiary/aromatic N) is 6. The molecule has 0 radical (unpaired) electrons. The fraction of sp³-hybridized carbons (Fsp3) is 0.0870. The van der Waals surface area contributed by atoms with E-state index in [1.54, 1.807) is 27.7 Å². The van der Waals surface area contributed by atoms with Crippen LogP contribution in [0, 0.1) is 5.82 Å². The predicted octanol–water partition coefficient (Wildman–Crippen LogP) is 3.81. The quantitative estimate of drug-likeness (QED) is 0.453. The van der Waals surface area contributed by atoms with Gasteiger partial charge in [-0.25, -0.2) is 14.1 Å². The molecule has 1 aliphatic heterocycles. The average molecular weight is 412 g/mol. The number of anilines is 1. The Balaban J connectivity index is 1.49. The smallest absolute Gasteiger partial charge is 0.266 e. The molecule has 0 bridgehead atoms. The molecule has 152 valence electrons. The normalized spacial score (nSPS) is 13.1. The van der Waals surface area contributed by atoms with Gasteiger partial charge in [0.25, 0.3) is 5.91 Å². The second-order valence-electron chi connectivity index (χ2n) is 7.34. The van der Waals surface area contributed by atoms with Gasteiger partial charge in [-0.2, -0.15) is 5.10 Å². The number of para-hydroxylation sites is 3. The number of halogens is 1. The van der Waals surface area contributed by atoms with Crippen LogP contribution in [0.2, 0.25) is 0 Å². The lowest BCUT2D eigenvalue weighted by Crippen LogP contribution is -2.30. The molecule has 0 fully saturated rings. The van der Waals surface area contributed by atoms with E-state index in [4.69, 9.17) is 0 Å². The highest BCUT2D eigenvalue weighted by molar-refractivity contribution is 6.08. The van der Waals surface area contributed by atoms with Gasteiger partial charge >= 0.3 is 0 Å². The molecule has 0 spiro atoms. The predicted molar refractivity (Wildman–Crippen MR) is 114 cm³/mol. The lowest BCUT2D eigenvalue weighted by Gasteiger charge is -2.16. The Morgan fingerprint density at radius 1 is 0.935 bits per heavy atom. The van der Waals surface area contributed by atoms with Crippen molar-refractivity contribution in [3.05, 3.63) is 90.6 Å². The van der Waals surface area contributed by atoms with E-state index in [2.05, 4.69) is 10.1 Å². The summed E-state index contributed by atoms with van der Waals surface area (Å²) in [5.74, 6) is 0.458. The summed E-state index contributed by atoms with van der Waals surface area (Å²) in [6.07, 6.45) is 5.12. The molecular formula is C23H17FN6O. The molecule has 0 saturated heterocycles. The fourth-order valence-electron chi connectivity index (χ4n) is 4.14. The van der Waals surface area contributed by atoms with Gasteiger partial charge in [0.2, 0.25) is 5.95 Å². The van der Waals surface area contributed by atoms with E-state index in [1.807, 2.05) is 53.4 Å². The molecule has 6 rings (SSSR count).